The number of thiophene rings is 1. The molecular formula is C15H21NO3S. The Morgan fingerprint density at radius 3 is 2.55 bits per heavy atom. The third-order valence-corrected chi connectivity index (χ3v) is 5.18. The third-order valence-electron chi connectivity index (χ3n) is 3.99. The highest BCUT2D eigenvalue weighted by Gasteiger charge is 2.26. The zero-order valence-corrected chi connectivity index (χ0v) is 12.8. The number of anilines is 1. The number of carbonyl (C=O) groups is 2. The molecule has 0 aromatic carbocycles. The minimum Gasteiger partial charge on any atom is -0.478 e. The molecular weight excluding hydrogens is 274 g/mol. The van der Waals surface area contributed by atoms with Gasteiger partial charge < -0.3 is 10.4 Å². The molecule has 0 aliphatic heterocycles. The number of nitrogens with one attached hydrogen (secondary N) is 1. The molecule has 1 heterocycles. The number of carboxylic acid groups (broad SMARTS) is 1. The van der Waals surface area contributed by atoms with E-state index in [0.717, 1.165) is 37.0 Å². The molecule has 1 aliphatic carbocycles. The summed E-state index contributed by atoms with van der Waals surface area (Å²) in [6.07, 6.45) is 4.74. The van der Waals surface area contributed by atoms with Crippen LogP contribution in [0.4, 0.5) is 5.00 Å². The van der Waals surface area contributed by atoms with Gasteiger partial charge in [0.15, 0.2) is 0 Å². The first-order valence-corrected chi connectivity index (χ1v) is 7.99. The van der Waals surface area contributed by atoms with Crippen molar-refractivity contribution in [2.45, 2.75) is 46.0 Å². The second kappa shape index (κ2) is 6.39. The van der Waals surface area contributed by atoms with E-state index < -0.39 is 5.97 Å². The molecule has 2 rings (SSSR count). The average molecular weight is 295 g/mol. The number of hydrogen-bond acceptors (Lipinski definition) is 3. The second-order valence-corrected chi connectivity index (χ2v) is 6.70. The number of carboxylic acids is 1. The van der Waals surface area contributed by atoms with Crippen LogP contribution < -0.4 is 5.32 Å². The summed E-state index contributed by atoms with van der Waals surface area (Å²) in [5, 5.41) is 12.5. The van der Waals surface area contributed by atoms with E-state index in [1.807, 2.05) is 6.92 Å². The normalized spacial score (nSPS) is 22.5. The second-order valence-electron chi connectivity index (χ2n) is 5.56. The van der Waals surface area contributed by atoms with Gasteiger partial charge in [-0.2, -0.15) is 0 Å². The minimum absolute atomic E-state index is 0.0242. The molecule has 0 bridgehead atoms. The van der Waals surface area contributed by atoms with Crippen LogP contribution in [0.2, 0.25) is 0 Å². The number of aromatic carboxylic acids is 1. The van der Waals surface area contributed by atoms with Crippen LogP contribution in [0, 0.1) is 11.8 Å². The van der Waals surface area contributed by atoms with Crippen molar-refractivity contribution in [3.05, 3.63) is 16.5 Å². The van der Waals surface area contributed by atoms with Crippen LogP contribution in [0.3, 0.4) is 0 Å². The molecule has 1 aromatic rings. The molecule has 1 aliphatic rings. The van der Waals surface area contributed by atoms with Crippen LogP contribution in [0.5, 0.6) is 0 Å². The van der Waals surface area contributed by atoms with Gasteiger partial charge in [-0.3, -0.25) is 4.79 Å². The van der Waals surface area contributed by atoms with E-state index in [0.29, 0.717) is 10.9 Å². The van der Waals surface area contributed by atoms with E-state index in [4.69, 9.17) is 0 Å². The average Bonchev–Trinajstić information content (AvgIpc) is 2.82. The van der Waals surface area contributed by atoms with Gasteiger partial charge in [0.25, 0.3) is 0 Å². The lowest BCUT2D eigenvalue weighted by molar-refractivity contribution is -0.120. The van der Waals surface area contributed by atoms with Crippen molar-refractivity contribution in [2.24, 2.45) is 11.8 Å². The predicted octanol–water partition coefficient (Wildman–Crippen LogP) is 3.77. The Morgan fingerprint density at radius 2 is 2.00 bits per heavy atom. The highest BCUT2D eigenvalue weighted by molar-refractivity contribution is 7.16. The van der Waals surface area contributed by atoms with Crippen molar-refractivity contribution in [1.82, 2.24) is 0 Å². The van der Waals surface area contributed by atoms with E-state index in [9.17, 15) is 14.7 Å². The highest BCUT2D eigenvalue weighted by atomic mass is 32.1. The Bertz CT molecular complexity index is 501. The van der Waals surface area contributed by atoms with Crippen LogP contribution in [-0.2, 0) is 11.2 Å². The standard InChI is InChI=1S/C15H21NO3S/c1-3-11-8-12(15(18)19)14(20-11)16-13(17)10-6-4-9(2)5-7-10/h8-10H,3-7H2,1-2H3,(H,16,17)(H,18,19). The lowest BCUT2D eigenvalue weighted by atomic mass is 9.82. The van der Waals surface area contributed by atoms with E-state index in [1.54, 1.807) is 6.07 Å². The van der Waals surface area contributed by atoms with Gasteiger partial charge in [-0.15, -0.1) is 11.3 Å². The van der Waals surface area contributed by atoms with Crippen molar-refractivity contribution in [3.8, 4) is 0 Å². The monoisotopic (exact) mass is 295 g/mol. The largest absolute Gasteiger partial charge is 0.478 e. The first kappa shape index (κ1) is 15.0. The van der Waals surface area contributed by atoms with E-state index in [1.165, 1.54) is 11.3 Å². The molecule has 20 heavy (non-hydrogen) atoms. The molecule has 0 spiro atoms. The molecule has 0 unspecified atom stereocenters. The zero-order chi connectivity index (χ0) is 14.7. The smallest absolute Gasteiger partial charge is 0.338 e. The molecule has 5 heteroatoms. The Morgan fingerprint density at radius 1 is 1.35 bits per heavy atom. The summed E-state index contributed by atoms with van der Waals surface area (Å²) in [4.78, 5) is 24.4. The van der Waals surface area contributed by atoms with E-state index in [-0.39, 0.29) is 17.4 Å². The van der Waals surface area contributed by atoms with Crippen LogP contribution in [0.15, 0.2) is 6.07 Å². The fraction of sp³-hybridized carbons (Fsp3) is 0.600. The van der Waals surface area contributed by atoms with Gasteiger partial charge in [0.1, 0.15) is 5.00 Å². The van der Waals surface area contributed by atoms with Crippen molar-refractivity contribution in [3.63, 3.8) is 0 Å². The van der Waals surface area contributed by atoms with Crippen LogP contribution in [-0.4, -0.2) is 17.0 Å². The van der Waals surface area contributed by atoms with Crippen molar-refractivity contribution < 1.29 is 14.7 Å². The topological polar surface area (TPSA) is 66.4 Å². The lowest BCUT2D eigenvalue weighted by Gasteiger charge is -2.25. The van der Waals surface area contributed by atoms with Gasteiger partial charge in [-0.05, 0) is 44.1 Å². The van der Waals surface area contributed by atoms with Gasteiger partial charge in [0, 0.05) is 10.8 Å². The van der Waals surface area contributed by atoms with Crippen LogP contribution >= 0.6 is 11.3 Å². The summed E-state index contributed by atoms with van der Waals surface area (Å²) >= 11 is 1.37. The first-order valence-electron chi connectivity index (χ1n) is 7.18. The zero-order valence-electron chi connectivity index (χ0n) is 11.9. The number of amides is 1. The van der Waals surface area contributed by atoms with E-state index >= 15 is 0 Å². The molecule has 4 nitrogen and oxygen atoms in total. The molecule has 0 radical (unpaired) electrons. The Labute approximate surface area is 123 Å². The van der Waals surface area contributed by atoms with Gasteiger partial charge >= 0.3 is 5.97 Å². The molecule has 0 atom stereocenters. The maximum Gasteiger partial charge on any atom is 0.338 e. The summed E-state index contributed by atoms with van der Waals surface area (Å²) in [7, 11) is 0. The number of carbonyl (C=O) groups excluding carboxylic acids is 1. The summed E-state index contributed by atoms with van der Waals surface area (Å²) in [5.74, 6) is -0.278. The maximum absolute atomic E-state index is 12.2. The lowest BCUT2D eigenvalue weighted by Crippen LogP contribution is -2.26. The molecule has 2 N–H and O–H groups in total. The van der Waals surface area contributed by atoms with Crippen molar-refractivity contribution in [1.29, 1.82) is 0 Å². The number of hydrogen-bond donors (Lipinski definition) is 2. The number of rotatable bonds is 4. The summed E-state index contributed by atoms with van der Waals surface area (Å²) in [6, 6.07) is 1.66. The quantitative estimate of drug-likeness (QED) is 0.888. The molecule has 1 amide bonds. The fourth-order valence-corrected chi connectivity index (χ4v) is 3.60. The van der Waals surface area contributed by atoms with Crippen LogP contribution in [0.25, 0.3) is 0 Å². The minimum atomic E-state index is -0.978. The Kier molecular flexibility index (Phi) is 4.81. The first-order chi connectivity index (χ1) is 9.51. The SMILES string of the molecule is CCc1cc(C(=O)O)c(NC(=O)C2CCC(C)CC2)s1. The van der Waals surface area contributed by atoms with Gasteiger partial charge in [-0.25, -0.2) is 4.79 Å². The van der Waals surface area contributed by atoms with Crippen LogP contribution in [0.1, 0.15) is 54.8 Å². The van der Waals surface area contributed by atoms with Gasteiger partial charge in [0.05, 0.1) is 5.56 Å². The van der Waals surface area contributed by atoms with Crippen molar-refractivity contribution >= 4 is 28.2 Å². The molecule has 110 valence electrons. The summed E-state index contributed by atoms with van der Waals surface area (Å²) in [6.45, 7) is 4.19. The highest BCUT2D eigenvalue weighted by Crippen LogP contribution is 2.32. The molecule has 1 aromatic heterocycles. The molecule has 0 saturated heterocycles. The van der Waals surface area contributed by atoms with Crippen molar-refractivity contribution in [2.75, 3.05) is 5.32 Å². The number of aryl methyl sites for hydroxylation is 1. The van der Waals surface area contributed by atoms with Gasteiger partial charge in [-0.1, -0.05) is 13.8 Å². The van der Waals surface area contributed by atoms with Gasteiger partial charge in [0.2, 0.25) is 5.91 Å². The Balaban J connectivity index is 2.07. The maximum atomic E-state index is 12.2. The Hall–Kier alpha value is -1.36. The third kappa shape index (κ3) is 3.39. The molecule has 1 saturated carbocycles. The predicted molar refractivity (Wildman–Crippen MR) is 80.4 cm³/mol. The fourth-order valence-electron chi connectivity index (χ4n) is 2.60. The summed E-state index contributed by atoms with van der Waals surface area (Å²) < 4.78 is 0. The van der Waals surface area contributed by atoms with E-state index in [2.05, 4.69) is 12.2 Å². The summed E-state index contributed by atoms with van der Waals surface area (Å²) in [5.41, 5.74) is 0.212. The molecule has 1 fully saturated rings.